The molecule has 92 valence electrons. The Morgan fingerprint density at radius 2 is 2.05 bits per heavy atom. The third-order valence-corrected chi connectivity index (χ3v) is 2.89. The van der Waals surface area contributed by atoms with Crippen molar-refractivity contribution in [2.45, 2.75) is 0 Å². The maximum absolute atomic E-state index is 11.0. The van der Waals surface area contributed by atoms with Crippen LogP contribution in [0.5, 0.6) is 0 Å². The van der Waals surface area contributed by atoms with Crippen LogP contribution in [-0.2, 0) is 0 Å². The number of pyridine rings is 2. The van der Waals surface area contributed by atoms with Crippen molar-refractivity contribution in [2.75, 3.05) is 0 Å². The Bertz CT molecular complexity index is 834. The number of halogens is 1. The van der Waals surface area contributed by atoms with Crippen LogP contribution in [0.2, 0.25) is 5.15 Å². The van der Waals surface area contributed by atoms with Gasteiger partial charge in [0.15, 0.2) is 0 Å². The molecule has 4 nitrogen and oxygen atoms in total. The lowest BCUT2D eigenvalue weighted by molar-refractivity contribution is 1.23. The van der Waals surface area contributed by atoms with Gasteiger partial charge in [0.05, 0.1) is 11.3 Å². The third kappa shape index (κ3) is 2.37. The van der Waals surface area contributed by atoms with Crippen molar-refractivity contribution in [1.82, 2.24) is 15.0 Å². The minimum Gasteiger partial charge on any atom is -0.333 e. The van der Waals surface area contributed by atoms with Crippen molar-refractivity contribution in [2.24, 2.45) is 0 Å². The van der Waals surface area contributed by atoms with E-state index in [1.165, 1.54) is 6.07 Å². The Labute approximate surface area is 113 Å². The second-order valence-electron chi connectivity index (χ2n) is 3.92. The van der Waals surface area contributed by atoms with Crippen LogP contribution in [0.4, 0.5) is 0 Å². The van der Waals surface area contributed by atoms with E-state index in [0.29, 0.717) is 5.56 Å². The number of fused-ring (bicyclic) bond motifs is 1. The first kappa shape index (κ1) is 11.6. The molecule has 0 unspecified atom stereocenters. The zero-order chi connectivity index (χ0) is 13.2. The van der Waals surface area contributed by atoms with Gasteiger partial charge >= 0.3 is 0 Å². The van der Waals surface area contributed by atoms with E-state index in [1.54, 1.807) is 12.3 Å². The van der Waals surface area contributed by atoms with Crippen molar-refractivity contribution in [3.05, 3.63) is 63.3 Å². The minimum absolute atomic E-state index is 0.245. The van der Waals surface area contributed by atoms with Gasteiger partial charge in [-0.3, -0.25) is 4.79 Å². The monoisotopic (exact) mass is 269 g/mol. The van der Waals surface area contributed by atoms with E-state index < -0.39 is 0 Å². The zero-order valence-corrected chi connectivity index (χ0v) is 10.5. The van der Waals surface area contributed by atoms with Gasteiger partial charge in [-0.05, 0) is 30.2 Å². The molecule has 0 aliphatic carbocycles. The van der Waals surface area contributed by atoms with Gasteiger partial charge in [-0.15, -0.1) is 0 Å². The molecular formula is C14H8ClN3O. The van der Waals surface area contributed by atoms with Gasteiger partial charge in [0.1, 0.15) is 10.8 Å². The summed E-state index contributed by atoms with van der Waals surface area (Å²) in [6.45, 7) is 0. The SMILES string of the molecule is O=c1ccc(C#Cc2cc3cccnc3[nH]2)c(Cl)[nH]1. The van der Waals surface area contributed by atoms with Gasteiger partial charge in [-0.1, -0.05) is 17.5 Å². The summed E-state index contributed by atoms with van der Waals surface area (Å²) in [5.41, 5.74) is 1.87. The molecule has 3 rings (SSSR count). The van der Waals surface area contributed by atoms with E-state index in [1.807, 2.05) is 18.2 Å². The Morgan fingerprint density at radius 1 is 1.16 bits per heavy atom. The molecule has 2 N–H and O–H groups in total. The molecule has 3 aromatic rings. The standard InChI is InChI=1S/C14H8ClN3O/c15-13-9(4-6-12(19)18-13)3-5-11-8-10-2-1-7-16-14(10)17-11/h1-2,4,6-8H,(H,16,17)(H,18,19). The molecular weight excluding hydrogens is 262 g/mol. The van der Waals surface area contributed by atoms with E-state index in [4.69, 9.17) is 11.6 Å². The second kappa shape index (κ2) is 4.63. The van der Waals surface area contributed by atoms with Crippen molar-refractivity contribution >= 4 is 22.6 Å². The molecule has 0 bridgehead atoms. The number of aromatic amines is 2. The van der Waals surface area contributed by atoms with E-state index >= 15 is 0 Å². The number of hydrogen-bond acceptors (Lipinski definition) is 2. The van der Waals surface area contributed by atoms with Gasteiger partial charge in [-0.2, -0.15) is 0 Å². The topological polar surface area (TPSA) is 61.5 Å². The van der Waals surface area contributed by atoms with E-state index in [-0.39, 0.29) is 10.7 Å². The molecule has 0 fully saturated rings. The molecule has 5 heteroatoms. The minimum atomic E-state index is -0.245. The molecule has 3 aromatic heterocycles. The molecule has 19 heavy (non-hydrogen) atoms. The number of rotatable bonds is 0. The van der Waals surface area contributed by atoms with Crippen LogP contribution in [0.15, 0.2) is 41.3 Å². The molecule has 0 amide bonds. The Balaban J connectivity index is 2.01. The smallest absolute Gasteiger partial charge is 0.249 e. The number of H-pyrrole nitrogens is 2. The lowest BCUT2D eigenvalue weighted by Gasteiger charge is -1.92. The fraction of sp³-hybridized carbons (Fsp3) is 0. The average Bonchev–Trinajstić information content (AvgIpc) is 2.80. The Morgan fingerprint density at radius 3 is 2.84 bits per heavy atom. The summed E-state index contributed by atoms with van der Waals surface area (Å²) in [5.74, 6) is 5.86. The van der Waals surface area contributed by atoms with E-state index in [2.05, 4.69) is 26.8 Å². The van der Waals surface area contributed by atoms with Gasteiger partial charge in [0.2, 0.25) is 5.56 Å². The highest BCUT2D eigenvalue weighted by Gasteiger charge is 1.99. The highest BCUT2D eigenvalue weighted by atomic mass is 35.5. The summed E-state index contributed by atoms with van der Waals surface area (Å²) in [7, 11) is 0. The number of aromatic nitrogens is 3. The highest BCUT2D eigenvalue weighted by molar-refractivity contribution is 6.30. The fourth-order valence-electron chi connectivity index (χ4n) is 1.71. The van der Waals surface area contributed by atoms with Gasteiger partial charge < -0.3 is 9.97 Å². The van der Waals surface area contributed by atoms with Crippen molar-refractivity contribution in [3.63, 3.8) is 0 Å². The summed E-state index contributed by atoms with van der Waals surface area (Å²) >= 11 is 5.89. The fourth-order valence-corrected chi connectivity index (χ4v) is 1.91. The molecule has 0 saturated carbocycles. The van der Waals surface area contributed by atoms with E-state index in [9.17, 15) is 4.79 Å². The van der Waals surface area contributed by atoms with Crippen LogP contribution in [0, 0.1) is 11.8 Å². The summed E-state index contributed by atoms with van der Waals surface area (Å²) in [5, 5.41) is 1.24. The maximum Gasteiger partial charge on any atom is 0.249 e. The quantitative estimate of drug-likeness (QED) is 0.486. The highest BCUT2D eigenvalue weighted by Crippen LogP contribution is 2.12. The first-order valence-corrected chi connectivity index (χ1v) is 5.95. The summed E-state index contributed by atoms with van der Waals surface area (Å²) < 4.78 is 0. The second-order valence-corrected chi connectivity index (χ2v) is 4.30. The van der Waals surface area contributed by atoms with Crippen LogP contribution in [0.25, 0.3) is 11.0 Å². The molecule has 0 spiro atoms. The molecule has 0 aromatic carbocycles. The molecule has 0 atom stereocenters. The van der Waals surface area contributed by atoms with Crippen LogP contribution in [0.1, 0.15) is 11.3 Å². The zero-order valence-electron chi connectivity index (χ0n) is 9.70. The van der Waals surface area contributed by atoms with Crippen molar-refractivity contribution in [3.8, 4) is 11.8 Å². The molecule has 0 aliphatic heterocycles. The number of nitrogens with one attached hydrogen (secondary N) is 2. The maximum atomic E-state index is 11.0. The van der Waals surface area contributed by atoms with Gasteiger partial charge in [0.25, 0.3) is 0 Å². The molecule has 3 heterocycles. The first-order chi connectivity index (χ1) is 9.22. The first-order valence-electron chi connectivity index (χ1n) is 5.57. The van der Waals surface area contributed by atoms with Crippen LogP contribution in [0.3, 0.4) is 0 Å². The van der Waals surface area contributed by atoms with Crippen LogP contribution < -0.4 is 5.56 Å². The van der Waals surface area contributed by atoms with Gasteiger partial charge in [0, 0.05) is 17.6 Å². The summed E-state index contributed by atoms with van der Waals surface area (Å²) in [6, 6.07) is 8.72. The van der Waals surface area contributed by atoms with Crippen LogP contribution >= 0.6 is 11.6 Å². The predicted octanol–water partition coefficient (Wildman–Crippen LogP) is 2.30. The number of hydrogen-bond donors (Lipinski definition) is 2. The third-order valence-electron chi connectivity index (χ3n) is 2.59. The van der Waals surface area contributed by atoms with Gasteiger partial charge in [-0.25, -0.2) is 4.98 Å². The van der Waals surface area contributed by atoms with E-state index in [0.717, 1.165) is 16.7 Å². The van der Waals surface area contributed by atoms with Crippen molar-refractivity contribution in [1.29, 1.82) is 0 Å². The predicted molar refractivity (Wildman–Crippen MR) is 74.1 cm³/mol. The normalized spacial score (nSPS) is 10.2. The Kier molecular flexibility index (Phi) is 2.82. The molecule has 0 aliphatic rings. The average molecular weight is 270 g/mol. The lowest BCUT2D eigenvalue weighted by atomic mass is 10.2. The lowest BCUT2D eigenvalue weighted by Crippen LogP contribution is -2.03. The molecule has 0 radical (unpaired) electrons. The largest absolute Gasteiger partial charge is 0.333 e. The summed E-state index contributed by atoms with van der Waals surface area (Å²) in [6.07, 6.45) is 1.72. The number of nitrogens with zero attached hydrogens (tertiary/aromatic N) is 1. The van der Waals surface area contributed by atoms with Crippen molar-refractivity contribution < 1.29 is 0 Å². The Hall–Kier alpha value is -2.51. The molecule has 0 saturated heterocycles. The van der Waals surface area contributed by atoms with Crippen LogP contribution in [-0.4, -0.2) is 15.0 Å². The summed E-state index contributed by atoms with van der Waals surface area (Å²) in [4.78, 5) is 20.8.